The van der Waals surface area contributed by atoms with Crippen LogP contribution in [0.1, 0.15) is 18.9 Å². The molecule has 0 amide bonds. The fourth-order valence-corrected chi connectivity index (χ4v) is 3.43. The second-order valence-electron chi connectivity index (χ2n) is 6.71. The molecule has 1 atom stereocenters. The Balaban J connectivity index is 1.40. The fourth-order valence-electron chi connectivity index (χ4n) is 3.43. The summed E-state index contributed by atoms with van der Waals surface area (Å²) in [5.74, 6) is 2.14. The number of benzene rings is 2. The predicted molar refractivity (Wildman–Crippen MR) is 105 cm³/mol. The minimum Gasteiger partial charge on any atom is -0.497 e. The number of rotatable bonds is 5. The minimum absolute atomic E-state index is 0.0995. The van der Waals surface area contributed by atoms with Gasteiger partial charge < -0.3 is 14.1 Å². The lowest BCUT2D eigenvalue weighted by Gasteiger charge is -2.38. The van der Waals surface area contributed by atoms with Crippen LogP contribution in [0.2, 0.25) is 0 Å². The first-order chi connectivity index (χ1) is 13.2. The molecular formula is C21H24N4O2. The van der Waals surface area contributed by atoms with Gasteiger partial charge in [0.05, 0.1) is 13.2 Å². The van der Waals surface area contributed by atoms with E-state index < -0.39 is 0 Å². The van der Waals surface area contributed by atoms with Crippen LogP contribution in [0.15, 0.2) is 59.0 Å². The molecule has 1 unspecified atom stereocenters. The molecule has 0 saturated carbocycles. The van der Waals surface area contributed by atoms with Crippen molar-refractivity contribution in [3.05, 3.63) is 60.5 Å². The Kier molecular flexibility index (Phi) is 5.07. The van der Waals surface area contributed by atoms with Crippen LogP contribution in [0.25, 0.3) is 11.5 Å². The predicted octanol–water partition coefficient (Wildman–Crippen LogP) is 3.63. The van der Waals surface area contributed by atoms with Crippen LogP contribution in [0.3, 0.4) is 0 Å². The van der Waals surface area contributed by atoms with E-state index in [0.717, 1.165) is 37.5 Å². The van der Waals surface area contributed by atoms with Gasteiger partial charge in [-0.1, -0.05) is 24.3 Å². The summed E-state index contributed by atoms with van der Waals surface area (Å²) in [6.45, 7) is 5.93. The van der Waals surface area contributed by atoms with Crippen LogP contribution in [-0.4, -0.2) is 48.4 Å². The van der Waals surface area contributed by atoms with Crippen molar-refractivity contribution in [2.45, 2.75) is 13.0 Å². The molecule has 1 aliphatic rings. The van der Waals surface area contributed by atoms with E-state index in [1.54, 1.807) is 7.11 Å². The zero-order chi connectivity index (χ0) is 18.6. The number of hydrogen-bond acceptors (Lipinski definition) is 6. The van der Waals surface area contributed by atoms with Crippen molar-refractivity contribution in [1.29, 1.82) is 0 Å². The summed E-state index contributed by atoms with van der Waals surface area (Å²) in [6, 6.07) is 18.2. The molecule has 3 aromatic rings. The molecule has 6 nitrogen and oxygen atoms in total. The van der Waals surface area contributed by atoms with Crippen molar-refractivity contribution in [2.75, 3.05) is 38.2 Å². The summed E-state index contributed by atoms with van der Waals surface area (Å²) in [5.41, 5.74) is 2.15. The summed E-state index contributed by atoms with van der Waals surface area (Å²) in [4.78, 5) is 4.77. The van der Waals surface area contributed by atoms with E-state index >= 15 is 0 Å². The zero-order valence-electron chi connectivity index (χ0n) is 15.7. The van der Waals surface area contributed by atoms with Crippen molar-refractivity contribution in [2.24, 2.45) is 0 Å². The van der Waals surface area contributed by atoms with Gasteiger partial charge in [0.25, 0.3) is 0 Å². The van der Waals surface area contributed by atoms with Crippen LogP contribution in [0.4, 0.5) is 5.69 Å². The fraction of sp³-hybridized carbons (Fsp3) is 0.333. The standard InChI is InChI=1S/C21H24N4O2/c1-16(20-22-23-21(27-20)17-7-4-3-5-8-17)24-11-13-25(14-12-24)18-9-6-10-19(15-18)26-2/h3-10,15-16H,11-14H2,1-2H3. The van der Waals surface area contributed by atoms with Gasteiger partial charge in [0.1, 0.15) is 5.75 Å². The molecule has 0 N–H and O–H groups in total. The Morgan fingerprint density at radius 3 is 2.48 bits per heavy atom. The molecular weight excluding hydrogens is 340 g/mol. The highest BCUT2D eigenvalue weighted by Crippen LogP contribution is 2.27. The van der Waals surface area contributed by atoms with Crippen molar-refractivity contribution >= 4 is 5.69 Å². The maximum Gasteiger partial charge on any atom is 0.247 e. The highest BCUT2D eigenvalue weighted by atomic mass is 16.5. The Morgan fingerprint density at radius 2 is 1.74 bits per heavy atom. The van der Waals surface area contributed by atoms with Crippen LogP contribution in [0, 0.1) is 0 Å². The third kappa shape index (κ3) is 3.80. The van der Waals surface area contributed by atoms with E-state index in [4.69, 9.17) is 9.15 Å². The third-order valence-corrected chi connectivity index (χ3v) is 5.10. The largest absolute Gasteiger partial charge is 0.497 e. The molecule has 4 rings (SSSR count). The molecule has 140 valence electrons. The molecule has 2 heterocycles. The molecule has 0 radical (unpaired) electrons. The lowest BCUT2D eigenvalue weighted by molar-refractivity contribution is 0.173. The smallest absolute Gasteiger partial charge is 0.247 e. The Hall–Kier alpha value is -2.86. The Bertz CT molecular complexity index is 873. The first-order valence-electron chi connectivity index (χ1n) is 9.26. The highest BCUT2D eigenvalue weighted by Gasteiger charge is 2.26. The Morgan fingerprint density at radius 1 is 0.963 bits per heavy atom. The summed E-state index contributed by atoms with van der Waals surface area (Å²) >= 11 is 0. The maximum absolute atomic E-state index is 5.93. The monoisotopic (exact) mass is 364 g/mol. The molecule has 1 aromatic heterocycles. The summed E-state index contributed by atoms with van der Waals surface area (Å²) < 4.78 is 11.3. The lowest BCUT2D eigenvalue weighted by Crippen LogP contribution is -2.47. The minimum atomic E-state index is 0.0995. The topological polar surface area (TPSA) is 54.6 Å². The van der Waals surface area contributed by atoms with Crippen LogP contribution in [-0.2, 0) is 0 Å². The number of piperazine rings is 1. The van der Waals surface area contributed by atoms with Gasteiger partial charge >= 0.3 is 0 Å². The second kappa shape index (κ2) is 7.80. The van der Waals surface area contributed by atoms with Gasteiger partial charge in [-0.05, 0) is 31.2 Å². The number of ether oxygens (including phenoxy) is 1. The summed E-state index contributed by atoms with van der Waals surface area (Å²) in [7, 11) is 1.70. The van der Waals surface area contributed by atoms with E-state index in [9.17, 15) is 0 Å². The zero-order valence-corrected chi connectivity index (χ0v) is 15.7. The van der Waals surface area contributed by atoms with E-state index in [1.807, 2.05) is 42.5 Å². The lowest BCUT2D eigenvalue weighted by atomic mass is 10.2. The number of aromatic nitrogens is 2. The molecule has 6 heteroatoms. The number of nitrogens with zero attached hydrogens (tertiary/aromatic N) is 4. The molecule has 1 saturated heterocycles. The molecule has 0 bridgehead atoms. The normalized spacial score (nSPS) is 16.3. The Labute approximate surface area is 159 Å². The number of methoxy groups -OCH3 is 1. The molecule has 1 aliphatic heterocycles. The molecule has 1 fully saturated rings. The molecule has 0 spiro atoms. The first-order valence-corrected chi connectivity index (χ1v) is 9.26. The third-order valence-electron chi connectivity index (χ3n) is 5.10. The van der Waals surface area contributed by atoms with Crippen LogP contribution >= 0.6 is 0 Å². The highest BCUT2D eigenvalue weighted by molar-refractivity contribution is 5.52. The molecule has 0 aliphatic carbocycles. The second-order valence-corrected chi connectivity index (χ2v) is 6.71. The quantitative estimate of drug-likeness (QED) is 0.689. The molecule has 2 aromatic carbocycles. The van der Waals surface area contributed by atoms with Gasteiger partial charge in [0, 0.05) is 43.5 Å². The van der Waals surface area contributed by atoms with E-state index in [0.29, 0.717) is 11.8 Å². The average molecular weight is 364 g/mol. The van der Waals surface area contributed by atoms with Gasteiger partial charge in [-0.15, -0.1) is 10.2 Å². The van der Waals surface area contributed by atoms with Crippen LogP contribution in [0.5, 0.6) is 5.75 Å². The van der Waals surface area contributed by atoms with Crippen molar-refractivity contribution in [3.8, 4) is 17.2 Å². The van der Waals surface area contributed by atoms with E-state index in [1.165, 1.54) is 5.69 Å². The van der Waals surface area contributed by atoms with Crippen molar-refractivity contribution in [3.63, 3.8) is 0 Å². The summed E-state index contributed by atoms with van der Waals surface area (Å²) in [5, 5.41) is 8.50. The van der Waals surface area contributed by atoms with Gasteiger partial charge in [-0.3, -0.25) is 4.90 Å². The SMILES string of the molecule is COc1cccc(N2CCN(C(C)c3nnc(-c4ccccc4)o3)CC2)c1. The average Bonchev–Trinajstić information content (AvgIpc) is 3.24. The van der Waals surface area contributed by atoms with Crippen molar-refractivity contribution < 1.29 is 9.15 Å². The molecule has 27 heavy (non-hydrogen) atoms. The van der Waals surface area contributed by atoms with Gasteiger partial charge in [0.2, 0.25) is 11.8 Å². The first kappa shape index (κ1) is 17.5. The van der Waals surface area contributed by atoms with Gasteiger partial charge in [0.15, 0.2) is 0 Å². The summed E-state index contributed by atoms with van der Waals surface area (Å²) in [6.07, 6.45) is 0. The van der Waals surface area contributed by atoms with E-state index in [-0.39, 0.29) is 6.04 Å². The van der Waals surface area contributed by atoms with Crippen molar-refractivity contribution in [1.82, 2.24) is 15.1 Å². The van der Waals surface area contributed by atoms with Crippen LogP contribution < -0.4 is 9.64 Å². The maximum atomic E-state index is 5.93. The number of hydrogen-bond donors (Lipinski definition) is 0. The van der Waals surface area contributed by atoms with Gasteiger partial charge in [-0.2, -0.15) is 0 Å². The van der Waals surface area contributed by atoms with Gasteiger partial charge in [-0.25, -0.2) is 0 Å². The van der Waals surface area contributed by atoms with E-state index in [2.05, 4.69) is 39.1 Å². The number of anilines is 1.